The SMILES string of the molecule is Cc1cc(Cl)c(-c2ncccn2)c(Cl)c1-c1ccccn1. The predicted octanol–water partition coefficient (Wildman–Crippen LogP) is 4.82. The number of halogens is 2. The predicted molar refractivity (Wildman–Crippen MR) is 85.5 cm³/mol. The van der Waals surface area contributed by atoms with E-state index in [1.807, 2.05) is 31.2 Å². The molecule has 0 unspecified atom stereocenters. The molecule has 0 atom stereocenters. The van der Waals surface area contributed by atoms with Crippen LogP contribution in [0.2, 0.25) is 10.0 Å². The van der Waals surface area contributed by atoms with Gasteiger partial charge >= 0.3 is 0 Å². The first-order valence-corrected chi connectivity index (χ1v) is 7.11. The first kappa shape index (κ1) is 14.0. The van der Waals surface area contributed by atoms with Gasteiger partial charge in [-0.3, -0.25) is 4.98 Å². The monoisotopic (exact) mass is 315 g/mol. The summed E-state index contributed by atoms with van der Waals surface area (Å²) in [4.78, 5) is 12.8. The van der Waals surface area contributed by atoms with E-state index in [1.54, 1.807) is 24.7 Å². The minimum atomic E-state index is 0.504. The van der Waals surface area contributed by atoms with E-state index in [0.717, 1.165) is 16.8 Å². The lowest BCUT2D eigenvalue weighted by Crippen LogP contribution is -1.95. The van der Waals surface area contributed by atoms with Crippen LogP contribution in [0, 0.1) is 6.92 Å². The van der Waals surface area contributed by atoms with Gasteiger partial charge in [-0.15, -0.1) is 0 Å². The molecule has 2 aromatic heterocycles. The molecule has 0 fully saturated rings. The van der Waals surface area contributed by atoms with Gasteiger partial charge in [0.2, 0.25) is 0 Å². The number of pyridine rings is 1. The maximum absolute atomic E-state index is 6.58. The lowest BCUT2D eigenvalue weighted by molar-refractivity contribution is 1.17. The van der Waals surface area contributed by atoms with Gasteiger partial charge in [0.05, 0.1) is 21.3 Å². The largest absolute Gasteiger partial charge is 0.256 e. The number of benzene rings is 1. The highest BCUT2D eigenvalue weighted by molar-refractivity contribution is 6.41. The van der Waals surface area contributed by atoms with Crippen molar-refractivity contribution >= 4 is 23.2 Å². The van der Waals surface area contributed by atoms with Crippen LogP contribution >= 0.6 is 23.2 Å². The Hall–Kier alpha value is -1.97. The molecule has 0 aliphatic heterocycles. The van der Waals surface area contributed by atoms with E-state index in [9.17, 15) is 0 Å². The summed E-state index contributed by atoms with van der Waals surface area (Å²) in [7, 11) is 0. The quantitative estimate of drug-likeness (QED) is 0.680. The second kappa shape index (κ2) is 5.80. The fourth-order valence-corrected chi connectivity index (χ4v) is 3.02. The molecule has 0 N–H and O–H groups in total. The Morgan fingerprint density at radius 3 is 2.24 bits per heavy atom. The van der Waals surface area contributed by atoms with Gasteiger partial charge in [0.25, 0.3) is 0 Å². The molecule has 21 heavy (non-hydrogen) atoms. The summed E-state index contributed by atoms with van der Waals surface area (Å²) in [5, 5.41) is 1.05. The van der Waals surface area contributed by atoms with Crippen molar-refractivity contribution in [2.24, 2.45) is 0 Å². The van der Waals surface area contributed by atoms with Crippen molar-refractivity contribution in [3.05, 3.63) is 64.5 Å². The smallest absolute Gasteiger partial charge is 0.162 e. The molecular formula is C16H11Cl2N3. The number of nitrogens with zero attached hydrogens (tertiary/aromatic N) is 3. The van der Waals surface area contributed by atoms with Gasteiger partial charge in [-0.05, 0) is 36.8 Å². The Morgan fingerprint density at radius 1 is 0.857 bits per heavy atom. The molecule has 0 aliphatic rings. The summed E-state index contributed by atoms with van der Waals surface area (Å²) in [6.45, 7) is 1.96. The molecule has 0 saturated heterocycles. The summed E-state index contributed by atoms with van der Waals surface area (Å²) < 4.78 is 0. The summed E-state index contributed by atoms with van der Waals surface area (Å²) in [5.74, 6) is 0.504. The highest BCUT2D eigenvalue weighted by atomic mass is 35.5. The number of aryl methyl sites for hydroxylation is 1. The molecule has 3 rings (SSSR count). The van der Waals surface area contributed by atoms with Crippen molar-refractivity contribution in [2.45, 2.75) is 6.92 Å². The standard InChI is InChI=1S/C16H11Cl2N3/c1-10-9-11(17)14(16-20-7-4-8-21-16)15(18)13(10)12-5-2-3-6-19-12/h2-9H,1H3. The van der Waals surface area contributed by atoms with Gasteiger partial charge < -0.3 is 0 Å². The summed E-state index contributed by atoms with van der Waals surface area (Å²) in [6.07, 6.45) is 5.06. The summed E-state index contributed by atoms with van der Waals surface area (Å²) in [6, 6.07) is 9.31. The Kier molecular flexibility index (Phi) is 3.86. The zero-order valence-corrected chi connectivity index (χ0v) is 12.7. The highest BCUT2D eigenvalue weighted by Crippen LogP contribution is 2.41. The van der Waals surface area contributed by atoms with E-state index in [1.165, 1.54) is 0 Å². The van der Waals surface area contributed by atoms with Gasteiger partial charge in [-0.2, -0.15) is 0 Å². The lowest BCUT2D eigenvalue weighted by Gasteiger charge is -2.13. The van der Waals surface area contributed by atoms with Crippen molar-refractivity contribution in [1.29, 1.82) is 0 Å². The van der Waals surface area contributed by atoms with Gasteiger partial charge in [0.1, 0.15) is 0 Å². The van der Waals surface area contributed by atoms with Crippen LogP contribution < -0.4 is 0 Å². The Balaban J connectivity index is 2.29. The normalized spacial score (nSPS) is 10.6. The molecule has 1 aromatic carbocycles. The second-order valence-electron chi connectivity index (χ2n) is 4.53. The zero-order valence-electron chi connectivity index (χ0n) is 11.2. The number of hydrogen-bond acceptors (Lipinski definition) is 3. The van der Waals surface area contributed by atoms with E-state index in [0.29, 0.717) is 21.4 Å². The van der Waals surface area contributed by atoms with Crippen LogP contribution in [0.4, 0.5) is 0 Å². The van der Waals surface area contributed by atoms with Crippen molar-refractivity contribution in [2.75, 3.05) is 0 Å². The van der Waals surface area contributed by atoms with Crippen LogP contribution in [0.5, 0.6) is 0 Å². The van der Waals surface area contributed by atoms with Gasteiger partial charge in [0, 0.05) is 24.2 Å². The average molecular weight is 316 g/mol. The average Bonchev–Trinajstić information content (AvgIpc) is 2.49. The molecule has 3 nitrogen and oxygen atoms in total. The van der Waals surface area contributed by atoms with Crippen molar-refractivity contribution in [3.63, 3.8) is 0 Å². The van der Waals surface area contributed by atoms with Crippen LogP contribution in [-0.2, 0) is 0 Å². The van der Waals surface area contributed by atoms with Crippen molar-refractivity contribution in [3.8, 4) is 22.6 Å². The van der Waals surface area contributed by atoms with Crippen LogP contribution in [-0.4, -0.2) is 15.0 Å². The molecule has 5 heteroatoms. The molecule has 0 bridgehead atoms. The van der Waals surface area contributed by atoms with Gasteiger partial charge in [-0.25, -0.2) is 9.97 Å². The minimum Gasteiger partial charge on any atom is -0.256 e. The Bertz CT molecular complexity index is 711. The molecule has 104 valence electrons. The molecule has 0 amide bonds. The van der Waals surface area contributed by atoms with E-state index in [-0.39, 0.29) is 0 Å². The van der Waals surface area contributed by atoms with E-state index in [4.69, 9.17) is 23.2 Å². The third-order valence-electron chi connectivity index (χ3n) is 3.13. The first-order chi connectivity index (χ1) is 10.2. The molecule has 0 aliphatic carbocycles. The van der Waals surface area contributed by atoms with Crippen molar-refractivity contribution < 1.29 is 0 Å². The highest BCUT2D eigenvalue weighted by Gasteiger charge is 2.18. The maximum atomic E-state index is 6.58. The summed E-state index contributed by atoms with van der Waals surface area (Å²) >= 11 is 12.9. The number of hydrogen-bond donors (Lipinski definition) is 0. The van der Waals surface area contributed by atoms with Crippen LogP contribution in [0.1, 0.15) is 5.56 Å². The molecule has 0 saturated carbocycles. The molecule has 3 aromatic rings. The summed E-state index contributed by atoms with van der Waals surface area (Å²) in [5.41, 5.74) is 3.24. The molecule has 0 radical (unpaired) electrons. The minimum absolute atomic E-state index is 0.504. The Labute approximate surface area is 132 Å². The topological polar surface area (TPSA) is 38.7 Å². The van der Waals surface area contributed by atoms with Crippen molar-refractivity contribution in [1.82, 2.24) is 15.0 Å². The zero-order chi connectivity index (χ0) is 14.8. The lowest BCUT2D eigenvalue weighted by atomic mass is 10.0. The van der Waals surface area contributed by atoms with E-state index in [2.05, 4.69) is 15.0 Å². The fourth-order valence-electron chi connectivity index (χ4n) is 2.20. The molecular weight excluding hydrogens is 305 g/mol. The van der Waals surface area contributed by atoms with Crippen LogP contribution in [0.25, 0.3) is 22.6 Å². The molecule has 2 heterocycles. The van der Waals surface area contributed by atoms with E-state index >= 15 is 0 Å². The third kappa shape index (κ3) is 2.62. The Morgan fingerprint density at radius 2 is 1.57 bits per heavy atom. The van der Waals surface area contributed by atoms with Gasteiger partial charge in [0.15, 0.2) is 5.82 Å². The number of rotatable bonds is 2. The van der Waals surface area contributed by atoms with E-state index < -0.39 is 0 Å². The van der Waals surface area contributed by atoms with Gasteiger partial charge in [-0.1, -0.05) is 29.3 Å². The fraction of sp³-hybridized carbons (Fsp3) is 0.0625. The molecule has 0 spiro atoms. The maximum Gasteiger partial charge on any atom is 0.162 e. The third-order valence-corrected chi connectivity index (χ3v) is 3.80. The van der Waals surface area contributed by atoms with Crippen LogP contribution in [0.3, 0.4) is 0 Å². The second-order valence-corrected chi connectivity index (χ2v) is 5.31. The van der Waals surface area contributed by atoms with Crippen LogP contribution in [0.15, 0.2) is 48.9 Å². The first-order valence-electron chi connectivity index (χ1n) is 6.36. The number of aromatic nitrogens is 3.